The number of likely N-dealkylation sites (N-methyl/N-ethyl adjacent to an activating group) is 1. The van der Waals surface area contributed by atoms with Crippen LogP contribution in [0.5, 0.6) is 0 Å². The topological polar surface area (TPSA) is 70.7 Å². The Bertz CT molecular complexity index is 292. The Morgan fingerprint density at radius 1 is 1.41 bits per heavy atom. The summed E-state index contributed by atoms with van der Waals surface area (Å²) in [6, 6.07) is -0.0313. The summed E-state index contributed by atoms with van der Waals surface area (Å²) in [5.41, 5.74) is 0. The molecule has 0 bridgehead atoms. The molecular formula is C11H19N3O3. The van der Waals surface area contributed by atoms with Gasteiger partial charge in [-0.3, -0.25) is 14.9 Å². The first-order valence-corrected chi connectivity index (χ1v) is 6.03. The van der Waals surface area contributed by atoms with Crippen molar-refractivity contribution < 1.29 is 14.3 Å². The fourth-order valence-corrected chi connectivity index (χ4v) is 2.24. The van der Waals surface area contributed by atoms with Crippen molar-refractivity contribution in [3.05, 3.63) is 0 Å². The standard InChI is InChI=1S/C11H19N3O3/c1-14(8-2-4-17-5-3-8)11(16)9-6-13-10(15)7-12-9/h8-9,12H,2-7H2,1H3,(H,13,15). The van der Waals surface area contributed by atoms with Gasteiger partial charge in [0.15, 0.2) is 0 Å². The first-order chi connectivity index (χ1) is 8.18. The highest BCUT2D eigenvalue weighted by molar-refractivity contribution is 5.86. The third-order valence-corrected chi connectivity index (χ3v) is 3.40. The number of amides is 2. The largest absolute Gasteiger partial charge is 0.381 e. The summed E-state index contributed by atoms with van der Waals surface area (Å²) in [7, 11) is 1.83. The van der Waals surface area contributed by atoms with Crippen molar-refractivity contribution in [1.82, 2.24) is 15.5 Å². The molecule has 2 amide bonds. The van der Waals surface area contributed by atoms with Gasteiger partial charge in [0.25, 0.3) is 0 Å². The van der Waals surface area contributed by atoms with Crippen molar-refractivity contribution in [3.8, 4) is 0 Å². The minimum absolute atomic E-state index is 0.0527. The van der Waals surface area contributed by atoms with Gasteiger partial charge < -0.3 is 15.0 Å². The Balaban J connectivity index is 1.87. The lowest BCUT2D eigenvalue weighted by molar-refractivity contribution is -0.137. The molecule has 2 aliphatic rings. The molecule has 2 fully saturated rings. The lowest BCUT2D eigenvalue weighted by atomic mass is 10.1. The van der Waals surface area contributed by atoms with Gasteiger partial charge in [-0.05, 0) is 12.8 Å². The van der Waals surface area contributed by atoms with Crippen LogP contribution in [-0.2, 0) is 14.3 Å². The number of ether oxygens (including phenoxy) is 1. The molecule has 2 saturated heterocycles. The molecule has 1 unspecified atom stereocenters. The van der Waals surface area contributed by atoms with E-state index in [1.807, 2.05) is 7.05 Å². The molecule has 0 aromatic rings. The number of hydrogen-bond acceptors (Lipinski definition) is 4. The van der Waals surface area contributed by atoms with Gasteiger partial charge >= 0.3 is 0 Å². The lowest BCUT2D eigenvalue weighted by Gasteiger charge is -2.34. The molecule has 0 radical (unpaired) electrons. The molecule has 17 heavy (non-hydrogen) atoms. The van der Waals surface area contributed by atoms with Crippen molar-refractivity contribution in [2.75, 3.05) is 33.4 Å². The first-order valence-electron chi connectivity index (χ1n) is 6.03. The third kappa shape index (κ3) is 2.95. The molecule has 0 aromatic carbocycles. The van der Waals surface area contributed by atoms with Crippen LogP contribution in [0.1, 0.15) is 12.8 Å². The van der Waals surface area contributed by atoms with E-state index in [4.69, 9.17) is 4.74 Å². The molecule has 0 saturated carbocycles. The van der Waals surface area contributed by atoms with Crippen LogP contribution in [0.2, 0.25) is 0 Å². The zero-order valence-corrected chi connectivity index (χ0v) is 10.1. The average Bonchev–Trinajstić information content (AvgIpc) is 2.39. The molecule has 0 spiro atoms. The zero-order chi connectivity index (χ0) is 12.3. The number of piperazine rings is 1. The fraction of sp³-hybridized carbons (Fsp3) is 0.818. The second-order valence-corrected chi connectivity index (χ2v) is 4.53. The van der Waals surface area contributed by atoms with E-state index in [9.17, 15) is 9.59 Å². The maximum absolute atomic E-state index is 12.2. The Hall–Kier alpha value is -1.14. The number of rotatable bonds is 2. The third-order valence-electron chi connectivity index (χ3n) is 3.40. The predicted octanol–water partition coefficient (Wildman–Crippen LogP) is -1.29. The van der Waals surface area contributed by atoms with Crippen molar-refractivity contribution in [2.45, 2.75) is 24.9 Å². The van der Waals surface area contributed by atoms with Crippen molar-refractivity contribution >= 4 is 11.8 Å². The minimum atomic E-state index is -0.291. The van der Waals surface area contributed by atoms with Crippen LogP contribution >= 0.6 is 0 Å². The molecule has 1 atom stereocenters. The van der Waals surface area contributed by atoms with Crippen LogP contribution in [0.15, 0.2) is 0 Å². The van der Waals surface area contributed by atoms with E-state index in [0.717, 1.165) is 26.1 Å². The highest BCUT2D eigenvalue weighted by Crippen LogP contribution is 2.13. The first kappa shape index (κ1) is 12.3. The average molecular weight is 241 g/mol. The fourth-order valence-electron chi connectivity index (χ4n) is 2.24. The Morgan fingerprint density at radius 3 is 2.71 bits per heavy atom. The molecule has 0 aromatic heterocycles. The quantitative estimate of drug-likeness (QED) is 0.631. The number of carbonyl (C=O) groups excluding carboxylic acids is 2. The summed E-state index contributed by atoms with van der Waals surface area (Å²) in [6.45, 7) is 2.04. The van der Waals surface area contributed by atoms with E-state index in [1.165, 1.54) is 0 Å². The van der Waals surface area contributed by atoms with Gasteiger partial charge in [0, 0.05) is 32.8 Å². The summed E-state index contributed by atoms with van der Waals surface area (Å²) in [5, 5.41) is 5.65. The number of nitrogens with one attached hydrogen (secondary N) is 2. The van der Waals surface area contributed by atoms with E-state index in [1.54, 1.807) is 4.90 Å². The number of nitrogens with zero attached hydrogens (tertiary/aromatic N) is 1. The summed E-state index contributed by atoms with van der Waals surface area (Å²) < 4.78 is 5.28. The van der Waals surface area contributed by atoms with E-state index in [-0.39, 0.29) is 30.4 Å². The van der Waals surface area contributed by atoms with E-state index in [2.05, 4.69) is 10.6 Å². The van der Waals surface area contributed by atoms with Crippen LogP contribution in [-0.4, -0.2) is 62.1 Å². The zero-order valence-electron chi connectivity index (χ0n) is 10.1. The summed E-state index contributed by atoms with van der Waals surface area (Å²) in [4.78, 5) is 25.0. The van der Waals surface area contributed by atoms with Gasteiger partial charge in [-0.2, -0.15) is 0 Å². The van der Waals surface area contributed by atoms with E-state index < -0.39 is 0 Å². The molecular weight excluding hydrogens is 222 g/mol. The molecule has 0 aliphatic carbocycles. The van der Waals surface area contributed by atoms with Crippen molar-refractivity contribution in [2.24, 2.45) is 0 Å². The summed E-state index contributed by atoms with van der Waals surface area (Å²) >= 11 is 0. The van der Waals surface area contributed by atoms with Gasteiger partial charge in [0.05, 0.1) is 6.54 Å². The maximum atomic E-state index is 12.2. The summed E-state index contributed by atoms with van der Waals surface area (Å²) in [5.74, 6) is -0.000306. The van der Waals surface area contributed by atoms with Crippen molar-refractivity contribution in [1.29, 1.82) is 0 Å². The highest BCUT2D eigenvalue weighted by atomic mass is 16.5. The van der Waals surface area contributed by atoms with Gasteiger partial charge in [0.2, 0.25) is 11.8 Å². The molecule has 2 N–H and O–H groups in total. The van der Waals surface area contributed by atoms with E-state index >= 15 is 0 Å². The maximum Gasteiger partial charge on any atom is 0.241 e. The molecule has 2 heterocycles. The van der Waals surface area contributed by atoms with E-state index in [0.29, 0.717) is 6.54 Å². The minimum Gasteiger partial charge on any atom is -0.381 e. The molecule has 2 aliphatic heterocycles. The van der Waals surface area contributed by atoms with Gasteiger partial charge in [0.1, 0.15) is 6.04 Å². The smallest absolute Gasteiger partial charge is 0.241 e. The van der Waals surface area contributed by atoms with Gasteiger partial charge in [-0.1, -0.05) is 0 Å². The Morgan fingerprint density at radius 2 is 2.12 bits per heavy atom. The van der Waals surface area contributed by atoms with Gasteiger partial charge in [-0.25, -0.2) is 0 Å². The van der Waals surface area contributed by atoms with Crippen LogP contribution < -0.4 is 10.6 Å². The Labute approximate surface area is 101 Å². The molecule has 6 nitrogen and oxygen atoms in total. The van der Waals surface area contributed by atoms with Crippen molar-refractivity contribution in [3.63, 3.8) is 0 Å². The second kappa shape index (κ2) is 5.46. The SMILES string of the molecule is CN(C(=O)C1CNC(=O)CN1)C1CCOCC1. The highest BCUT2D eigenvalue weighted by Gasteiger charge is 2.30. The van der Waals surface area contributed by atoms with Crippen LogP contribution in [0.25, 0.3) is 0 Å². The van der Waals surface area contributed by atoms with Crippen LogP contribution in [0.3, 0.4) is 0 Å². The monoisotopic (exact) mass is 241 g/mol. The van der Waals surface area contributed by atoms with Gasteiger partial charge in [-0.15, -0.1) is 0 Å². The Kier molecular flexibility index (Phi) is 3.96. The molecule has 6 heteroatoms. The number of hydrogen-bond donors (Lipinski definition) is 2. The van der Waals surface area contributed by atoms with Crippen LogP contribution in [0, 0.1) is 0 Å². The normalized spacial score (nSPS) is 26.4. The predicted molar refractivity (Wildman–Crippen MR) is 61.4 cm³/mol. The number of carbonyl (C=O) groups is 2. The molecule has 96 valence electrons. The lowest BCUT2D eigenvalue weighted by Crippen LogP contribution is -2.59. The molecule has 2 rings (SSSR count). The van der Waals surface area contributed by atoms with Crippen LogP contribution in [0.4, 0.5) is 0 Å². The summed E-state index contributed by atoms with van der Waals surface area (Å²) in [6.07, 6.45) is 1.78. The second-order valence-electron chi connectivity index (χ2n) is 4.53.